The second kappa shape index (κ2) is 4.10. The van der Waals surface area contributed by atoms with Gasteiger partial charge in [0.1, 0.15) is 5.75 Å². The number of benzene rings is 1. The van der Waals surface area contributed by atoms with Crippen molar-refractivity contribution in [1.29, 1.82) is 0 Å². The zero-order valence-electron chi connectivity index (χ0n) is 9.78. The zero-order valence-corrected chi connectivity index (χ0v) is 9.78. The fourth-order valence-corrected chi connectivity index (χ4v) is 2.84. The summed E-state index contributed by atoms with van der Waals surface area (Å²) >= 11 is 0. The molecule has 1 aromatic carbocycles. The van der Waals surface area contributed by atoms with Gasteiger partial charge in [-0.05, 0) is 24.8 Å². The maximum absolute atomic E-state index is 5.67. The zero-order chi connectivity index (χ0) is 11.0. The highest BCUT2D eigenvalue weighted by Gasteiger charge is 2.29. The van der Waals surface area contributed by atoms with Gasteiger partial charge in [0, 0.05) is 24.1 Å². The highest BCUT2D eigenvalue weighted by molar-refractivity contribution is 5.37. The van der Waals surface area contributed by atoms with Crippen molar-refractivity contribution in [1.82, 2.24) is 5.32 Å². The van der Waals surface area contributed by atoms with E-state index < -0.39 is 0 Å². The van der Waals surface area contributed by atoms with Crippen LogP contribution in [0, 0.1) is 5.92 Å². The summed E-state index contributed by atoms with van der Waals surface area (Å²) in [6.45, 7) is 3.17. The van der Waals surface area contributed by atoms with E-state index in [1.54, 1.807) is 0 Å². The topological polar surface area (TPSA) is 21.3 Å². The molecule has 2 aliphatic rings. The van der Waals surface area contributed by atoms with Gasteiger partial charge in [0.2, 0.25) is 0 Å². The molecule has 1 aliphatic carbocycles. The molecule has 0 spiro atoms. The van der Waals surface area contributed by atoms with Gasteiger partial charge in [-0.25, -0.2) is 0 Å². The Morgan fingerprint density at radius 2 is 2.06 bits per heavy atom. The largest absolute Gasteiger partial charge is 0.493 e. The van der Waals surface area contributed by atoms with E-state index in [1.165, 1.54) is 18.4 Å². The lowest BCUT2D eigenvalue weighted by molar-refractivity contribution is 0.189. The molecular weight excluding hydrogens is 198 g/mol. The molecule has 0 amide bonds. The highest BCUT2D eigenvalue weighted by Crippen LogP contribution is 2.35. The van der Waals surface area contributed by atoms with Crippen molar-refractivity contribution in [2.24, 2.45) is 5.92 Å². The lowest BCUT2D eigenvalue weighted by atomic mass is 9.81. The van der Waals surface area contributed by atoms with Crippen LogP contribution in [-0.4, -0.2) is 12.6 Å². The van der Waals surface area contributed by atoms with Crippen molar-refractivity contribution in [3.63, 3.8) is 0 Å². The van der Waals surface area contributed by atoms with Crippen LogP contribution in [0.25, 0.3) is 0 Å². The van der Waals surface area contributed by atoms with Crippen molar-refractivity contribution < 1.29 is 4.74 Å². The van der Waals surface area contributed by atoms with Crippen LogP contribution < -0.4 is 10.1 Å². The van der Waals surface area contributed by atoms with Gasteiger partial charge in [0.15, 0.2) is 0 Å². The number of hydrogen-bond donors (Lipinski definition) is 1. The van der Waals surface area contributed by atoms with Crippen molar-refractivity contribution in [2.45, 2.75) is 38.3 Å². The van der Waals surface area contributed by atoms with Gasteiger partial charge in [-0.2, -0.15) is 0 Å². The summed E-state index contributed by atoms with van der Waals surface area (Å²) in [6, 6.07) is 9.65. The molecule has 0 saturated heterocycles. The van der Waals surface area contributed by atoms with E-state index in [2.05, 4.69) is 30.4 Å². The summed E-state index contributed by atoms with van der Waals surface area (Å²) < 4.78 is 5.67. The van der Waals surface area contributed by atoms with E-state index in [0.717, 1.165) is 30.7 Å². The minimum Gasteiger partial charge on any atom is -0.493 e. The van der Waals surface area contributed by atoms with Crippen LogP contribution in [0.3, 0.4) is 0 Å². The number of rotatable bonds is 2. The Labute approximate surface area is 97.0 Å². The van der Waals surface area contributed by atoms with Crippen molar-refractivity contribution >= 4 is 0 Å². The number of fused-ring (bicyclic) bond motifs is 1. The van der Waals surface area contributed by atoms with Crippen molar-refractivity contribution in [3.05, 3.63) is 29.8 Å². The van der Waals surface area contributed by atoms with E-state index in [1.807, 2.05) is 6.07 Å². The second-order valence-electron chi connectivity index (χ2n) is 5.17. The number of ether oxygens (including phenoxy) is 1. The summed E-state index contributed by atoms with van der Waals surface area (Å²) in [6.07, 6.45) is 3.76. The van der Waals surface area contributed by atoms with Gasteiger partial charge < -0.3 is 10.1 Å². The molecule has 0 bridgehead atoms. The van der Waals surface area contributed by atoms with Gasteiger partial charge in [-0.15, -0.1) is 0 Å². The molecule has 0 aromatic heterocycles. The molecule has 16 heavy (non-hydrogen) atoms. The molecule has 1 aromatic rings. The monoisotopic (exact) mass is 217 g/mol. The molecule has 2 nitrogen and oxygen atoms in total. The average molecular weight is 217 g/mol. The maximum Gasteiger partial charge on any atom is 0.124 e. The summed E-state index contributed by atoms with van der Waals surface area (Å²) in [4.78, 5) is 0. The molecular formula is C14H19NO. The maximum atomic E-state index is 5.67. The standard InChI is InChI=1S/C14H19NO/c1-10-8-11(9-10)15-13-6-7-16-14-5-3-2-4-12(13)14/h2-5,10-11,13,15H,6-9H2,1H3. The molecule has 3 rings (SSSR count). The predicted octanol–water partition coefficient (Wildman–Crippen LogP) is 2.90. The van der Waals surface area contributed by atoms with E-state index in [0.29, 0.717) is 6.04 Å². The van der Waals surface area contributed by atoms with Crippen LogP contribution in [0.4, 0.5) is 0 Å². The Morgan fingerprint density at radius 3 is 2.88 bits per heavy atom. The molecule has 1 atom stereocenters. The Kier molecular flexibility index (Phi) is 2.60. The first-order valence-electron chi connectivity index (χ1n) is 6.30. The fourth-order valence-electron chi connectivity index (χ4n) is 2.84. The van der Waals surface area contributed by atoms with Crippen LogP contribution >= 0.6 is 0 Å². The smallest absolute Gasteiger partial charge is 0.124 e. The van der Waals surface area contributed by atoms with E-state index in [4.69, 9.17) is 4.74 Å². The third-order valence-corrected chi connectivity index (χ3v) is 3.77. The van der Waals surface area contributed by atoms with Gasteiger partial charge in [-0.1, -0.05) is 25.1 Å². The van der Waals surface area contributed by atoms with Gasteiger partial charge in [0.05, 0.1) is 6.61 Å². The molecule has 1 fully saturated rings. The van der Waals surface area contributed by atoms with E-state index in [9.17, 15) is 0 Å². The van der Waals surface area contributed by atoms with Crippen LogP contribution in [0.5, 0.6) is 5.75 Å². The molecule has 1 unspecified atom stereocenters. The first kappa shape index (κ1) is 10.2. The molecule has 1 saturated carbocycles. The Morgan fingerprint density at radius 1 is 1.25 bits per heavy atom. The Hall–Kier alpha value is -1.02. The summed E-state index contributed by atoms with van der Waals surface area (Å²) in [5.41, 5.74) is 1.34. The fraction of sp³-hybridized carbons (Fsp3) is 0.571. The normalized spacial score (nSPS) is 32.4. The summed E-state index contributed by atoms with van der Waals surface area (Å²) in [5.74, 6) is 1.98. The molecule has 1 heterocycles. The number of nitrogens with one attached hydrogen (secondary N) is 1. The minimum absolute atomic E-state index is 0.502. The van der Waals surface area contributed by atoms with Gasteiger partial charge in [-0.3, -0.25) is 0 Å². The minimum atomic E-state index is 0.502. The lowest BCUT2D eigenvalue weighted by Gasteiger charge is -2.38. The summed E-state index contributed by atoms with van der Waals surface area (Å²) in [7, 11) is 0. The number of hydrogen-bond acceptors (Lipinski definition) is 2. The molecule has 86 valence electrons. The predicted molar refractivity (Wildman–Crippen MR) is 64.6 cm³/mol. The lowest BCUT2D eigenvalue weighted by Crippen LogP contribution is -2.43. The van der Waals surface area contributed by atoms with Gasteiger partial charge in [0.25, 0.3) is 0 Å². The van der Waals surface area contributed by atoms with Gasteiger partial charge >= 0.3 is 0 Å². The third-order valence-electron chi connectivity index (χ3n) is 3.77. The number of para-hydroxylation sites is 1. The van der Waals surface area contributed by atoms with Crippen molar-refractivity contribution in [2.75, 3.05) is 6.61 Å². The first-order chi connectivity index (χ1) is 7.83. The average Bonchev–Trinajstić information content (AvgIpc) is 2.27. The van der Waals surface area contributed by atoms with Crippen LogP contribution in [0.15, 0.2) is 24.3 Å². The van der Waals surface area contributed by atoms with E-state index >= 15 is 0 Å². The molecule has 1 N–H and O–H groups in total. The Balaban J connectivity index is 1.72. The third kappa shape index (κ3) is 1.82. The molecule has 2 heteroatoms. The van der Waals surface area contributed by atoms with Crippen molar-refractivity contribution in [3.8, 4) is 5.75 Å². The second-order valence-corrected chi connectivity index (χ2v) is 5.17. The van der Waals surface area contributed by atoms with Crippen LogP contribution in [-0.2, 0) is 0 Å². The SMILES string of the molecule is CC1CC(NC2CCOc3ccccc32)C1. The van der Waals surface area contributed by atoms with Crippen LogP contribution in [0.2, 0.25) is 0 Å². The van der Waals surface area contributed by atoms with E-state index in [-0.39, 0.29) is 0 Å². The Bertz CT molecular complexity index is 371. The van der Waals surface area contributed by atoms with Crippen LogP contribution in [0.1, 0.15) is 37.8 Å². The molecule has 0 radical (unpaired) electrons. The summed E-state index contributed by atoms with van der Waals surface area (Å²) in [5, 5.41) is 3.76. The highest BCUT2D eigenvalue weighted by atomic mass is 16.5. The molecule has 1 aliphatic heterocycles. The first-order valence-corrected chi connectivity index (χ1v) is 6.30. The quantitative estimate of drug-likeness (QED) is 0.822.